The van der Waals surface area contributed by atoms with Gasteiger partial charge in [-0.1, -0.05) is 26.2 Å². The number of carbonyl (C=O) groups excluding carboxylic acids is 1. The summed E-state index contributed by atoms with van der Waals surface area (Å²) in [6.07, 6.45) is 7.97. The number of hydrogen-bond donors (Lipinski definition) is 1. The molecule has 2 unspecified atom stereocenters. The van der Waals surface area contributed by atoms with Crippen LogP contribution in [0.5, 0.6) is 0 Å². The average molecular weight is 288 g/mol. The van der Waals surface area contributed by atoms with Crippen LogP contribution in [0.2, 0.25) is 0 Å². The zero-order valence-corrected chi connectivity index (χ0v) is 12.7. The van der Waals surface area contributed by atoms with Crippen molar-refractivity contribution in [2.45, 2.75) is 58.0 Å². The maximum absolute atomic E-state index is 12.3. The zero-order chi connectivity index (χ0) is 13.7. The molecular formula is C15H26ClNO2. The molecule has 2 fully saturated rings. The van der Waals surface area contributed by atoms with Gasteiger partial charge < -0.3 is 10.1 Å². The second-order valence-electron chi connectivity index (χ2n) is 6.12. The summed E-state index contributed by atoms with van der Waals surface area (Å²) >= 11 is 6.16. The van der Waals surface area contributed by atoms with Gasteiger partial charge >= 0.3 is 0 Å². The molecule has 0 radical (unpaired) electrons. The molecule has 1 amide bonds. The summed E-state index contributed by atoms with van der Waals surface area (Å²) in [5, 5.41) is 3.15. The van der Waals surface area contributed by atoms with Crippen molar-refractivity contribution in [2.75, 3.05) is 19.0 Å². The number of hydrogen-bond acceptors (Lipinski definition) is 2. The van der Waals surface area contributed by atoms with Crippen LogP contribution in [0.3, 0.4) is 0 Å². The van der Waals surface area contributed by atoms with Gasteiger partial charge in [-0.25, -0.2) is 0 Å². The van der Waals surface area contributed by atoms with Crippen molar-refractivity contribution >= 4 is 17.5 Å². The highest BCUT2D eigenvalue weighted by atomic mass is 35.5. The van der Waals surface area contributed by atoms with Crippen LogP contribution in [0.15, 0.2) is 0 Å². The molecule has 2 rings (SSSR count). The fraction of sp³-hybridized carbons (Fsp3) is 0.933. The van der Waals surface area contributed by atoms with E-state index in [4.69, 9.17) is 16.3 Å². The van der Waals surface area contributed by atoms with Crippen molar-refractivity contribution in [2.24, 2.45) is 11.3 Å². The van der Waals surface area contributed by atoms with Gasteiger partial charge in [-0.15, -0.1) is 11.6 Å². The summed E-state index contributed by atoms with van der Waals surface area (Å²) in [6.45, 7) is 3.54. The molecule has 19 heavy (non-hydrogen) atoms. The third-order valence-corrected chi connectivity index (χ3v) is 5.35. The molecule has 2 atom stereocenters. The first-order valence-electron chi connectivity index (χ1n) is 7.66. The highest BCUT2D eigenvalue weighted by Gasteiger charge is 2.35. The van der Waals surface area contributed by atoms with Crippen LogP contribution < -0.4 is 5.32 Å². The SMILES string of the molecule is CCC1OCCC1C(=O)NCC1(CCl)CCCCC1. The second kappa shape index (κ2) is 6.94. The van der Waals surface area contributed by atoms with E-state index in [1.54, 1.807) is 0 Å². The van der Waals surface area contributed by atoms with E-state index in [0.717, 1.165) is 38.8 Å². The van der Waals surface area contributed by atoms with E-state index in [0.29, 0.717) is 5.88 Å². The molecule has 0 bridgehead atoms. The predicted octanol–water partition coefficient (Wildman–Crippen LogP) is 3.11. The molecule has 110 valence electrons. The Balaban J connectivity index is 1.85. The number of carbonyl (C=O) groups is 1. The molecule has 4 heteroatoms. The van der Waals surface area contributed by atoms with Crippen molar-refractivity contribution in [3.05, 3.63) is 0 Å². The molecule has 0 aromatic carbocycles. The lowest BCUT2D eigenvalue weighted by atomic mass is 9.75. The van der Waals surface area contributed by atoms with Crippen LogP contribution in [0.25, 0.3) is 0 Å². The lowest BCUT2D eigenvalue weighted by Gasteiger charge is -2.36. The van der Waals surface area contributed by atoms with Gasteiger partial charge in [0.15, 0.2) is 0 Å². The van der Waals surface area contributed by atoms with Gasteiger partial charge in [0, 0.05) is 24.4 Å². The van der Waals surface area contributed by atoms with Crippen molar-refractivity contribution in [3.63, 3.8) is 0 Å². The maximum Gasteiger partial charge on any atom is 0.225 e. The van der Waals surface area contributed by atoms with Crippen LogP contribution in [-0.2, 0) is 9.53 Å². The molecule has 1 saturated carbocycles. The first-order chi connectivity index (χ1) is 9.21. The van der Waals surface area contributed by atoms with Crippen LogP contribution in [0, 0.1) is 11.3 Å². The highest BCUT2D eigenvalue weighted by molar-refractivity contribution is 6.18. The molecular weight excluding hydrogens is 262 g/mol. The average Bonchev–Trinajstić information content (AvgIpc) is 2.94. The third kappa shape index (κ3) is 3.63. The van der Waals surface area contributed by atoms with Crippen LogP contribution in [0.1, 0.15) is 51.9 Å². The van der Waals surface area contributed by atoms with Gasteiger partial charge in [0.1, 0.15) is 0 Å². The van der Waals surface area contributed by atoms with Crippen molar-refractivity contribution in [1.82, 2.24) is 5.32 Å². The van der Waals surface area contributed by atoms with Gasteiger partial charge in [0.25, 0.3) is 0 Å². The number of halogens is 1. The number of rotatable bonds is 5. The quantitative estimate of drug-likeness (QED) is 0.789. The van der Waals surface area contributed by atoms with Gasteiger partial charge in [0.2, 0.25) is 5.91 Å². The second-order valence-corrected chi connectivity index (χ2v) is 6.39. The predicted molar refractivity (Wildman–Crippen MR) is 77.4 cm³/mol. The molecule has 0 aromatic heterocycles. The number of nitrogens with one attached hydrogen (secondary N) is 1. The molecule has 1 saturated heterocycles. The van der Waals surface area contributed by atoms with E-state index >= 15 is 0 Å². The highest BCUT2D eigenvalue weighted by Crippen LogP contribution is 2.37. The monoisotopic (exact) mass is 287 g/mol. The standard InChI is InChI=1S/C15H26ClNO2/c1-2-13-12(6-9-19-13)14(18)17-11-15(10-16)7-4-3-5-8-15/h12-13H,2-11H2,1H3,(H,17,18). The minimum Gasteiger partial charge on any atom is -0.377 e. The van der Waals surface area contributed by atoms with Gasteiger partial charge in [0.05, 0.1) is 12.0 Å². The van der Waals surface area contributed by atoms with E-state index in [1.807, 2.05) is 0 Å². The Morgan fingerprint density at radius 1 is 1.37 bits per heavy atom. The van der Waals surface area contributed by atoms with Crippen molar-refractivity contribution < 1.29 is 9.53 Å². The summed E-state index contributed by atoms with van der Waals surface area (Å²) in [6, 6.07) is 0. The first-order valence-corrected chi connectivity index (χ1v) is 8.19. The van der Waals surface area contributed by atoms with E-state index < -0.39 is 0 Å². The summed E-state index contributed by atoms with van der Waals surface area (Å²) in [5.74, 6) is 0.867. The van der Waals surface area contributed by atoms with E-state index in [-0.39, 0.29) is 23.3 Å². The Labute approximate surface area is 121 Å². The topological polar surface area (TPSA) is 38.3 Å². The van der Waals surface area contributed by atoms with E-state index in [1.165, 1.54) is 19.3 Å². The van der Waals surface area contributed by atoms with Crippen molar-refractivity contribution in [3.8, 4) is 0 Å². The lowest BCUT2D eigenvalue weighted by Crippen LogP contribution is -2.43. The van der Waals surface area contributed by atoms with Crippen LogP contribution in [-0.4, -0.2) is 31.0 Å². The Bertz CT molecular complexity index is 303. The van der Waals surface area contributed by atoms with Gasteiger partial charge in [-0.2, -0.15) is 0 Å². The minimum atomic E-state index is 0.0426. The Morgan fingerprint density at radius 2 is 2.11 bits per heavy atom. The van der Waals surface area contributed by atoms with E-state index in [9.17, 15) is 4.79 Å². The molecule has 1 N–H and O–H groups in total. The number of alkyl halides is 1. The van der Waals surface area contributed by atoms with Crippen molar-refractivity contribution in [1.29, 1.82) is 0 Å². The van der Waals surface area contributed by atoms with Gasteiger partial charge in [-0.3, -0.25) is 4.79 Å². The maximum atomic E-state index is 12.3. The Kier molecular flexibility index (Phi) is 5.52. The molecule has 0 spiro atoms. The Hall–Kier alpha value is -0.280. The zero-order valence-electron chi connectivity index (χ0n) is 11.9. The molecule has 0 aromatic rings. The molecule has 1 aliphatic carbocycles. The summed E-state index contributed by atoms with van der Waals surface area (Å²) in [5.41, 5.74) is 0.136. The van der Waals surface area contributed by atoms with E-state index in [2.05, 4.69) is 12.2 Å². The third-order valence-electron chi connectivity index (χ3n) is 4.78. The normalized spacial score (nSPS) is 30.2. The number of amides is 1. The molecule has 1 aliphatic heterocycles. The summed E-state index contributed by atoms with van der Waals surface area (Å²) in [7, 11) is 0. The first kappa shape index (κ1) is 15.1. The fourth-order valence-corrected chi connectivity index (χ4v) is 3.78. The summed E-state index contributed by atoms with van der Waals surface area (Å²) < 4.78 is 5.59. The smallest absolute Gasteiger partial charge is 0.225 e. The lowest BCUT2D eigenvalue weighted by molar-refractivity contribution is -0.127. The largest absolute Gasteiger partial charge is 0.377 e. The summed E-state index contributed by atoms with van der Waals surface area (Å²) in [4.78, 5) is 12.3. The number of ether oxygens (including phenoxy) is 1. The molecule has 1 heterocycles. The fourth-order valence-electron chi connectivity index (χ4n) is 3.42. The minimum absolute atomic E-state index is 0.0426. The molecule has 3 nitrogen and oxygen atoms in total. The van der Waals surface area contributed by atoms with Crippen LogP contribution >= 0.6 is 11.6 Å². The van der Waals surface area contributed by atoms with Crippen LogP contribution in [0.4, 0.5) is 0 Å². The molecule has 2 aliphatic rings. The Morgan fingerprint density at radius 3 is 2.74 bits per heavy atom. The van der Waals surface area contributed by atoms with Gasteiger partial charge in [-0.05, 0) is 25.7 Å².